The van der Waals surface area contributed by atoms with Gasteiger partial charge >= 0.3 is 5.97 Å². The average Bonchev–Trinajstić information content (AvgIpc) is 2.19. The van der Waals surface area contributed by atoms with E-state index in [1.165, 1.54) is 6.26 Å². The van der Waals surface area contributed by atoms with Gasteiger partial charge in [0.05, 0.1) is 11.8 Å². The molecular formula is C11H12O2. The highest BCUT2D eigenvalue weighted by atomic mass is 16.5. The smallest absolute Gasteiger partial charge is 0.342 e. The zero-order chi connectivity index (χ0) is 9.52. The molecule has 0 aliphatic rings. The van der Waals surface area contributed by atoms with E-state index in [2.05, 4.69) is 0 Å². The molecule has 2 heteroatoms. The molecule has 13 heavy (non-hydrogen) atoms. The summed E-state index contributed by atoms with van der Waals surface area (Å²) >= 11 is 0. The van der Waals surface area contributed by atoms with Gasteiger partial charge in [-0.05, 0) is 24.6 Å². The van der Waals surface area contributed by atoms with Gasteiger partial charge in [0.15, 0.2) is 0 Å². The number of carbonyl (C=O) groups excluding carboxylic acids is 1. The lowest BCUT2D eigenvalue weighted by Gasteiger charge is -1.97. The summed E-state index contributed by atoms with van der Waals surface area (Å²) in [6, 6.07) is 8.92. The molecule has 0 aliphatic carbocycles. The van der Waals surface area contributed by atoms with Crippen molar-refractivity contribution in [1.29, 1.82) is 0 Å². The molecule has 0 saturated carbocycles. The van der Waals surface area contributed by atoms with Gasteiger partial charge in [0, 0.05) is 0 Å². The second-order valence-electron chi connectivity index (χ2n) is 2.55. The maximum absolute atomic E-state index is 11.2. The highest BCUT2D eigenvalue weighted by molar-refractivity contribution is 5.89. The van der Waals surface area contributed by atoms with Gasteiger partial charge in [-0.1, -0.05) is 25.1 Å². The number of hydrogen-bond donors (Lipinski definition) is 0. The predicted molar refractivity (Wildman–Crippen MR) is 51.3 cm³/mol. The summed E-state index contributed by atoms with van der Waals surface area (Å²) < 4.78 is 4.85. The van der Waals surface area contributed by atoms with Crippen LogP contribution in [0.4, 0.5) is 0 Å². The molecule has 0 N–H and O–H groups in total. The van der Waals surface area contributed by atoms with Crippen LogP contribution < -0.4 is 0 Å². The minimum Gasteiger partial charge on any atom is -0.431 e. The second-order valence-corrected chi connectivity index (χ2v) is 2.55. The van der Waals surface area contributed by atoms with Crippen molar-refractivity contribution in [3.8, 4) is 0 Å². The number of benzene rings is 1. The summed E-state index contributed by atoms with van der Waals surface area (Å²) in [5, 5.41) is 0. The Hall–Kier alpha value is -1.57. The van der Waals surface area contributed by atoms with Crippen LogP contribution in [0.1, 0.15) is 23.7 Å². The van der Waals surface area contributed by atoms with E-state index in [1.54, 1.807) is 30.3 Å². The first-order valence-electron chi connectivity index (χ1n) is 4.25. The molecule has 0 bridgehead atoms. The molecule has 0 saturated heterocycles. The molecule has 0 heterocycles. The van der Waals surface area contributed by atoms with Crippen molar-refractivity contribution in [2.24, 2.45) is 0 Å². The van der Waals surface area contributed by atoms with Crippen molar-refractivity contribution in [1.82, 2.24) is 0 Å². The van der Waals surface area contributed by atoms with E-state index in [0.717, 1.165) is 6.42 Å². The summed E-state index contributed by atoms with van der Waals surface area (Å²) in [7, 11) is 0. The molecule has 0 spiro atoms. The van der Waals surface area contributed by atoms with Crippen LogP contribution in [0.5, 0.6) is 0 Å². The lowest BCUT2D eigenvalue weighted by Crippen LogP contribution is -1.99. The van der Waals surface area contributed by atoms with E-state index in [9.17, 15) is 4.79 Å². The zero-order valence-corrected chi connectivity index (χ0v) is 7.57. The molecule has 0 aromatic heterocycles. The largest absolute Gasteiger partial charge is 0.431 e. The molecule has 0 fully saturated rings. The van der Waals surface area contributed by atoms with Crippen molar-refractivity contribution >= 4 is 5.97 Å². The number of ether oxygens (including phenoxy) is 1. The van der Waals surface area contributed by atoms with Crippen molar-refractivity contribution in [2.45, 2.75) is 13.3 Å². The number of allylic oxidation sites excluding steroid dienone is 1. The molecule has 0 unspecified atom stereocenters. The summed E-state index contributed by atoms with van der Waals surface area (Å²) in [5.74, 6) is -0.315. The Morgan fingerprint density at radius 2 is 2.08 bits per heavy atom. The highest BCUT2D eigenvalue weighted by Gasteiger charge is 2.02. The second kappa shape index (κ2) is 5.14. The normalized spacial score (nSPS) is 10.2. The molecule has 0 atom stereocenters. The third-order valence-corrected chi connectivity index (χ3v) is 1.52. The van der Waals surface area contributed by atoms with Crippen LogP contribution in [0.3, 0.4) is 0 Å². The number of hydrogen-bond acceptors (Lipinski definition) is 2. The molecule has 0 radical (unpaired) electrons. The van der Waals surface area contributed by atoms with Crippen LogP contribution >= 0.6 is 0 Å². The van der Waals surface area contributed by atoms with E-state index in [-0.39, 0.29) is 5.97 Å². The molecular weight excluding hydrogens is 164 g/mol. The van der Waals surface area contributed by atoms with Crippen LogP contribution in [0.15, 0.2) is 42.7 Å². The quantitative estimate of drug-likeness (QED) is 0.523. The Morgan fingerprint density at radius 1 is 1.38 bits per heavy atom. The minimum atomic E-state index is -0.315. The maximum Gasteiger partial charge on any atom is 0.342 e. The summed E-state index contributed by atoms with van der Waals surface area (Å²) in [6.45, 7) is 1.98. The number of carbonyl (C=O) groups is 1. The maximum atomic E-state index is 11.2. The van der Waals surface area contributed by atoms with E-state index >= 15 is 0 Å². The topological polar surface area (TPSA) is 26.3 Å². The van der Waals surface area contributed by atoms with E-state index in [0.29, 0.717) is 5.56 Å². The Balaban J connectivity index is 2.54. The van der Waals surface area contributed by atoms with Crippen molar-refractivity contribution in [3.05, 3.63) is 48.2 Å². The number of rotatable bonds is 3. The monoisotopic (exact) mass is 176 g/mol. The number of esters is 1. The van der Waals surface area contributed by atoms with Crippen LogP contribution in [0.25, 0.3) is 0 Å². The van der Waals surface area contributed by atoms with E-state index < -0.39 is 0 Å². The van der Waals surface area contributed by atoms with Gasteiger partial charge in [0.2, 0.25) is 0 Å². The standard InChI is InChI=1S/C11H12O2/c1-2-3-9-13-11(12)10-7-5-4-6-8-10/h3-9H,2H2,1H3/b9-3+. The van der Waals surface area contributed by atoms with Gasteiger partial charge in [-0.3, -0.25) is 0 Å². The van der Waals surface area contributed by atoms with Crippen LogP contribution in [-0.4, -0.2) is 5.97 Å². The summed E-state index contributed by atoms with van der Waals surface area (Å²) in [6.07, 6.45) is 4.08. The summed E-state index contributed by atoms with van der Waals surface area (Å²) in [4.78, 5) is 11.2. The lowest BCUT2D eigenvalue weighted by atomic mass is 10.2. The molecule has 0 amide bonds. The van der Waals surface area contributed by atoms with Gasteiger partial charge in [-0.2, -0.15) is 0 Å². The fourth-order valence-corrected chi connectivity index (χ4v) is 0.848. The van der Waals surface area contributed by atoms with E-state index in [1.807, 2.05) is 13.0 Å². The Morgan fingerprint density at radius 3 is 2.69 bits per heavy atom. The first-order chi connectivity index (χ1) is 6.34. The first-order valence-corrected chi connectivity index (χ1v) is 4.25. The minimum absolute atomic E-state index is 0.315. The first kappa shape index (κ1) is 9.52. The van der Waals surface area contributed by atoms with Crippen molar-refractivity contribution < 1.29 is 9.53 Å². The van der Waals surface area contributed by atoms with Crippen molar-refractivity contribution in [2.75, 3.05) is 0 Å². The molecule has 1 rings (SSSR count). The van der Waals surface area contributed by atoms with Gasteiger partial charge in [-0.15, -0.1) is 0 Å². The average molecular weight is 176 g/mol. The summed E-state index contributed by atoms with van der Waals surface area (Å²) in [5.41, 5.74) is 0.572. The van der Waals surface area contributed by atoms with Gasteiger partial charge in [0.25, 0.3) is 0 Å². The Kier molecular flexibility index (Phi) is 3.76. The van der Waals surface area contributed by atoms with Crippen LogP contribution in [0, 0.1) is 0 Å². The molecule has 1 aromatic carbocycles. The van der Waals surface area contributed by atoms with Crippen LogP contribution in [-0.2, 0) is 4.74 Å². The third-order valence-electron chi connectivity index (χ3n) is 1.52. The predicted octanol–water partition coefficient (Wildman–Crippen LogP) is 2.77. The fraction of sp³-hybridized carbons (Fsp3) is 0.182. The zero-order valence-electron chi connectivity index (χ0n) is 7.57. The van der Waals surface area contributed by atoms with Gasteiger partial charge < -0.3 is 4.74 Å². The highest BCUT2D eigenvalue weighted by Crippen LogP contribution is 2.01. The SMILES string of the molecule is CC/C=C/OC(=O)c1ccccc1. The Labute approximate surface area is 77.8 Å². The van der Waals surface area contributed by atoms with Gasteiger partial charge in [-0.25, -0.2) is 4.79 Å². The van der Waals surface area contributed by atoms with Crippen LogP contribution in [0.2, 0.25) is 0 Å². The fourth-order valence-electron chi connectivity index (χ4n) is 0.848. The molecule has 0 aliphatic heterocycles. The van der Waals surface area contributed by atoms with Gasteiger partial charge in [0.1, 0.15) is 0 Å². The van der Waals surface area contributed by atoms with Crippen molar-refractivity contribution in [3.63, 3.8) is 0 Å². The van der Waals surface area contributed by atoms with E-state index in [4.69, 9.17) is 4.74 Å². The molecule has 68 valence electrons. The molecule has 2 nitrogen and oxygen atoms in total. The molecule has 1 aromatic rings. The Bertz CT molecular complexity index is 288. The third kappa shape index (κ3) is 3.11. The lowest BCUT2D eigenvalue weighted by molar-refractivity contribution is 0.0662.